The molecule has 2 amide bonds. The van der Waals surface area contributed by atoms with Crippen molar-refractivity contribution < 1.29 is 36.3 Å². The number of H-pyrrole nitrogens is 1. The Morgan fingerprint density at radius 1 is 1.17 bits per heavy atom. The summed E-state index contributed by atoms with van der Waals surface area (Å²) in [6.45, 7) is 6.29. The number of aromatic amines is 1. The van der Waals surface area contributed by atoms with Crippen molar-refractivity contribution in [3.63, 3.8) is 0 Å². The number of carbonyl (C=O) groups is 2. The molecular weight excluding hydrogens is 553 g/mol. The second kappa shape index (κ2) is 11.9. The van der Waals surface area contributed by atoms with Crippen molar-refractivity contribution in [1.82, 2.24) is 15.2 Å². The summed E-state index contributed by atoms with van der Waals surface area (Å²) >= 11 is 0. The van der Waals surface area contributed by atoms with Crippen molar-refractivity contribution in [3.8, 4) is 0 Å². The van der Waals surface area contributed by atoms with Gasteiger partial charge >= 0.3 is 12.3 Å². The Morgan fingerprint density at radius 3 is 2.56 bits per heavy atom. The van der Waals surface area contributed by atoms with Gasteiger partial charge < -0.3 is 30.2 Å². The van der Waals surface area contributed by atoms with Crippen molar-refractivity contribution in [2.75, 3.05) is 42.9 Å². The third kappa shape index (κ3) is 6.69. The lowest BCUT2D eigenvalue weighted by atomic mass is 9.97. The lowest BCUT2D eigenvalue weighted by molar-refractivity contribution is -0.138. The first-order valence-electron chi connectivity index (χ1n) is 13.0. The molecule has 1 atom stereocenters. The molecule has 0 saturated carbocycles. The van der Waals surface area contributed by atoms with Crippen molar-refractivity contribution >= 4 is 28.9 Å². The Morgan fingerprint density at radius 2 is 1.90 bits per heavy atom. The molecule has 2 aromatic rings. The van der Waals surface area contributed by atoms with E-state index in [0.717, 1.165) is 6.07 Å². The van der Waals surface area contributed by atoms with E-state index in [1.807, 2.05) is 11.9 Å². The largest absolute Gasteiger partial charge is 0.447 e. The minimum Gasteiger partial charge on any atom is -0.447 e. The van der Waals surface area contributed by atoms with Crippen molar-refractivity contribution in [2.24, 2.45) is 0 Å². The van der Waals surface area contributed by atoms with Gasteiger partial charge in [-0.25, -0.2) is 13.6 Å². The van der Waals surface area contributed by atoms with E-state index >= 15 is 8.78 Å². The third-order valence-corrected chi connectivity index (χ3v) is 6.69. The van der Waals surface area contributed by atoms with E-state index in [1.54, 1.807) is 24.8 Å². The van der Waals surface area contributed by atoms with Crippen LogP contribution in [0.25, 0.3) is 5.57 Å². The van der Waals surface area contributed by atoms with Crippen LogP contribution in [0.3, 0.4) is 0 Å². The summed E-state index contributed by atoms with van der Waals surface area (Å²) in [5.74, 6) is -3.52. The van der Waals surface area contributed by atoms with Gasteiger partial charge in [-0.2, -0.15) is 13.2 Å². The number of amides is 2. The molecule has 1 aromatic carbocycles. The molecule has 0 unspecified atom stereocenters. The third-order valence-electron chi connectivity index (χ3n) is 6.69. The molecule has 4 rings (SSSR count). The molecule has 41 heavy (non-hydrogen) atoms. The highest BCUT2D eigenvalue weighted by molar-refractivity contribution is 6.07. The molecule has 2 aliphatic heterocycles. The number of nitrogens with one attached hydrogen (secondary N) is 3. The highest BCUT2D eigenvalue weighted by Gasteiger charge is 2.37. The van der Waals surface area contributed by atoms with E-state index in [2.05, 4.69) is 10.6 Å². The van der Waals surface area contributed by atoms with Gasteiger partial charge in [-0.3, -0.25) is 9.59 Å². The first kappa shape index (κ1) is 30.0. The van der Waals surface area contributed by atoms with Gasteiger partial charge in [0.1, 0.15) is 11.5 Å². The van der Waals surface area contributed by atoms with E-state index in [1.165, 1.54) is 4.90 Å². The van der Waals surface area contributed by atoms with Gasteiger partial charge in [0, 0.05) is 57.1 Å². The maximum absolute atomic E-state index is 16.3. The number of pyridine rings is 1. The van der Waals surface area contributed by atoms with Crippen LogP contribution in [0.2, 0.25) is 0 Å². The molecule has 3 heterocycles. The molecule has 222 valence electrons. The lowest BCUT2D eigenvalue weighted by Gasteiger charge is -2.35. The van der Waals surface area contributed by atoms with E-state index in [-0.39, 0.29) is 42.9 Å². The maximum atomic E-state index is 16.3. The summed E-state index contributed by atoms with van der Waals surface area (Å²) in [6.07, 6.45) is -3.70. The molecule has 3 N–H and O–H groups in total. The maximum Gasteiger partial charge on any atom is 0.417 e. The van der Waals surface area contributed by atoms with Gasteiger partial charge in [-0.1, -0.05) is 6.08 Å². The summed E-state index contributed by atoms with van der Waals surface area (Å²) in [7, 11) is 0. The Hall–Kier alpha value is -3.94. The number of carbonyl (C=O) groups excluding carboxylic acids is 2. The highest BCUT2D eigenvalue weighted by Crippen LogP contribution is 2.39. The number of aromatic nitrogens is 1. The number of piperazine rings is 1. The van der Waals surface area contributed by atoms with Gasteiger partial charge in [-0.05, 0) is 32.8 Å². The second-order valence-corrected chi connectivity index (χ2v) is 10.2. The van der Waals surface area contributed by atoms with Crippen LogP contribution in [0.5, 0.6) is 0 Å². The van der Waals surface area contributed by atoms with Gasteiger partial charge in [0.05, 0.1) is 28.5 Å². The van der Waals surface area contributed by atoms with Crippen molar-refractivity contribution in [2.45, 2.75) is 45.5 Å². The van der Waals surface area contributed by atoms with E-state index in [0.29, 0.717) is 25.8 Å². The molecule has 9 nitrogen and oxygen atoms in total. The summed E-state index contributed by atoms with van der Waals surface area (Å²) in [4.78, 5) is 42.1. The van der Waals surface area contributed by atoms with Crippen LogP contribution in [0, 0.1) is 11.6 Å². The Balaban J connectivity index is 1.79. The van der Waals surface area contributed by atoms with Gasteiger partial charge in [0.15, 0.2) is 5.82 Å². The molecule has 0 radical (unpaired) electrons. The molecule has 14 heteroatoms. The summed E-state index contributed by atoms with van der Waals surface area (Å²) in [5.41, 5.74) is -4.52. The molecule has 1 saturated heterocycles. The van der Waals surface area contributed by atoms with Gasteiger partial charge in [0.2, 0.25) is 5.56 Å². The number of rotatable bonds is 5. The van der Waals surface area contributed by atoms with Crippen LogP contribution in [0.4, 0.5) is 38.1 Å². The van der Waals surface area contributed by atoms with Crippen molar-refractivity contribution in [1.29, 1.82) is 0 Å². The average Bonchev–Trinajstić information content (AvgIpc) is 2.89. The van der Waals surface area contributed by atoms with Gasteiger partial charge in [-0.15, -0.1) is 0 Å². The zero-order chi connectivity index (χ0) is 30.1. The summed E-state index contributed by atoms with van der Waals surface area (Å²) in [6, 6.07) is 1.17. The van der Waals surface area contributed by atoms with Crippen LogP contribution in [-0.2, 0) is 10.9 Å². The number of halogens is 5. The molecule has 1 fully saturated rings. The highest BCUT2D eigenvalue weighted by atomic mass is 19.4. The molecule has 0 aliphatic carbocycles. The monoisotopic (exact) mass is 583 g/mol. The van der Waals surface area contributed by atoms with Crippen LogP contribution in [0.1, 0.15) is 48.7 Å². The zero-order valence-electron chi connectivity index (χ0n) is 22.6. The smallest absolute Gasteiger partial charge is 0.417 e. The molecule has 2 aliphatic rings. The Bertz CT molecular complexity index is 1420. The molecular formula is C27H30F5N5O4. The predicted molar refractivity (Wildman–Crippen MR) is 142 cm³/mol. The van der Waals surface area contributed by atoms with Crippen LogP contribution in [-0.4, -0.2) is 66.8 Å². The van der Waals surface area contributed by atoms with Crippen LogP contribution < -0.4 is 21.1 Å². The fourth-order valence-electron chi connectivity index (χ4n) is 4.85. The fourth-order valence-corrected chi connectivity index (χ4v) is 4.85. The Kier molecular flexibility index (Phi) is 8.71. The second-order valence-electron chi connectivity index (χ2n) is 10.2. The zero-order valence-corrected chi connectivity index (χ0v) is 22.6. The number of ether oxygens (including phenoxy) is 1. The Labute approximate surface area is 232 Å². The average molecular weight is 584 g/mol. The van der Waals surface area contributed by atoms with Crippen molar-refractivity contribution in [3.05, 3.63) is 63.1 Å². The van der Waals surface area contributed by atoms with E-state index < -0.39 is 63.9 Å². The first-order chi connectivity index (χ1) is 19.3. The minimum absolute atomic E-state index is 0.0593. The SMILES string of the molecule is CC(C)OC(=O)N1CCC=C(c2c(F)cc(N3CCN[C@@H](C)C3)c(NC(=O)c3c[nH]c(=O)cc3C(F)(F)F)c2F)C1. The summed E-state index contributed by atoms with van der Waals surface area (Å²) in [5, 5.41) is 5.39. The predicted octanol–water partition coefficient (Wildman–Crippen LogP) is 4.36. The minimum atomic E-state index is -5.05. The molecule has 0 spiro atoms. The van der Waals surface area contributed by atoms with E-state index in [9.17, 15) is 27.6 Å². The topological polar surface area (TPSA) is 107 Å². The number of hydrogen-bond acceptors (Lipinski definition) is 6. The number of benzene rings is 1. The normalized spacial score (nSPS) is 17.9. The van der Waals surface area contributed by atoms with Crippen LogP contribution in [0.15, 0.2) is 29.2 Å². The van der Waals surface area contributed by atoms with E-state index in [4.69, 9.17) is 4.74 Å². The fraction of sp³-hybridized carbons (Fsp3) is 0.444. The lowest BCUT2D eigenvalue weighted by Crippen LogP contribution is -2.49. The molecule has 0 bridgehead atoms. The first-order valence-corrected chi connectivity index (χ1v) is 13.0. The summed E-state index contributed by atoms with van der Waals surface area (Å²) < 4.78 is 78.0. The number of hydrogen-bond donors (Lipinski definition) is 3. The quantitative estimate of drug-likeness (QED) is 0.452. The standard InChI is InChI=1S/C27H30F5N5O4/c1-14(2)41-26(40)37-7-4-5-16(13-37)22-19(28)10-20(36-8-6-33-15(3)12-36)24(23(22)29)35-25(39)17-11-34-21(38)9-18(17)27(30,31)32/h5,9-11,14-15,33H,4,6-8,12-13H2,1-3H3,(H,34,38)(H,35,39)/t15-/m0/s1. The molecule has 1 aromatic heterocycles. The van der Waals surface area contributed by atoms with Crippen LogP contribution >= 0.6 is 0 Å². The number of nitrogens with zero attached hydrogens (tertiary/aromatic N) is 2. The number of anilines is 2. The number of alkyl halides is 3. The van der Waals surface area contributed by atoms with Gasteiger partial charge in [0.25, 0.3) is 5.91 Å².